The van der Waals surface area contributed by atoms with Crippen molar-refractivity contribution in [3.63, 3.8) is 0 Å². The van der Waals surface area contributed by atoms with Crippen LogP contribution < -0.4 is 4.74 Å². The molecular formula is C38H51N3O. The van der Waals surface area contributed by atoms with Crippen molar-refractivity contribution in [1.29, 1.82) is 0 Å². The zero-order valence-corrected chi connectivity index (χ0v) is 25.8. The van der Waals surface area contributed by atoms with Crippen molar-refractivity contribution in [3.8, 4) is 39.5 Å². The molecule has 224 valence electrons. The first kappa shape index (κ1) is 31.5. The number of unbranched alkanes of at least 4 members (excludes halogenated alkanes) is 15. The Morgan fingerprint density at radius 3 is 1.69 bits per heavy atom. The van der Waals surface area contributed by atoms with E-state index in [9.17, 15) is 0 Å². The smallest absolute Gasteiger partial charge is 0.119 e. The molecule has 1 N–H and O–H groups in total. The van der Waals surface area contributed by atoms with E-state index in [2.05, 4.69) is 65.7 Å². The van der Waals surface area contributed by atoms with Crippen LogP contribution in [0.25, 0.3) is 33.8 Å². The minimum Gasteiger partial charge on any atom is -0.494 e. The summed E-state index contributed by atoms with van der Waals surface area (Å²) in [7, 11) is 0. The van der Waals surface area contributed by atoms with Gasteiger partial charge in [0.2, 0.25) is 0 Å². The topological polar surface area (TPSA) is 50.8 Å². The minimum atomic E-state index is 0.787. The maximum Gasteiger partial charge on any atom is 0.119 e. The summed E-state index contributed by atoms with van der Waals surface area (Å²) in [5.74, 6) is 0.936. The fourth-order valence-electron chi connectivity index (χ4n) is 5.57. The first-order chi connectivity index (χ1) is 20.8. The van der Waals surface area contributed by atoms with Gasteiger partial charge >= 0.3 is 0 Å². The van der Waals surface area contributed by atoms with Gasteiger partial charge in [-0.2, -0.15) is 5.10 Å². The van der Waals surface area contributed by atoms with E-state index in [1.807, 2.05) is 24.3 Å². The van der Waals surface area contributed by atoms with E-state index in [4.69, 9.17) is 9.72 Å². The number of H-pyrrole nitrogens is 1. The molecule has 4 rings (SSSR count). The predicted octanol–water partition coefficient (Wildman–Crippen LogP) is 11.4. The lowest BCUT2D eigenvalue weighted by atomic mass is 10.0. The van der Waals surface area contributed by atoms with Crippen LogP contribution in [0.5, 0.6) is 5.75 Å². The maximum absolute atomic E-state index is 6.07. The summed E-state index contributed by atoms with van der Waals surface area (Å²) in [5, 5.41) is 7.17. The number of nitrogens with zero attached hydrogens (tertiary/aromatic N) is 2. The van der Waals surface area contributed by atoms with E-state index in [0.29, 0.717) is 0 Å². The van der Waals surface area contributed by atoms with E-state index in [1.165, 1.54) is 96.3 Å². The van der Waals surface area contributed by atoms with Gasteiger partial charge in [-0.15, -0.1) is 0 Å². The highest BCUT2D eigenvalue weighted by molar-refractivity contribution is 5.75. The Kier molecular flexibility index (Phi) is 14.2. The summed E-state index contributed by atoms with van der Waals surface area (Å²) < 4.78 is 6.07. The minimum absolute atomic E-state index is 0.787. The van der Waals surface area contributed by atoms with Crippen molar-refractivity contribution in [2.45, 2.75) is 110 Å². The Balaban J connectivity index is 1.11. The van der Waals surface area contributed by atoms with E-state index < -0.39 is 0 Å². The van der Waals surface area contributed by atoms with Crippen molar-refractivity contribution in [2.75, 3.05) is 6.61 Å². The van der Waals surface area contributed by atoms with Gasteiger partial charge in [0.15, 0.2) is 0 Å². The molecular weight excluding hydrogens is 514 g/mol. The van der Waals surface area contributed by atoms with Crippen LogP contribution in [-0.2, 0) is 0 Å². The van der Waals surface area contributed by atoms with Crippen molar-refractivity contribution in [1.82, 2.24) is 15.2 Å². The molecule has 0 radical (unpaired) electrons. The van der Waals surface area contributed by atoms with Crippen LogP contribution in [0, 0.1) is 0 Å². The normalized spacial score (nSPS) is 11.2. The zero-order chi connectivity index (χ0) is 29.1. The number of rotatable bonds is 21. The van der Waals surface area contributed by atoms with E-state index in [0.717, 1.165) is 52.5 Å². The van der Waals surface area contributed by atoms with Crippen molar-refractivity contribution < 1.29 is 4.74 Å². The molecule has 4 aromatic rings. The van der Waals surface area contributed by atoms with E-state index >= 15 is 0 Å². The number of benzene rings is 2. The number of hydrogen-bond acceptors (Lipinski definition) is 3. The van der Waals surface area contributed by atoms with Gasteiger partial charge in [-0.05, 0) is 47.9 Å². The average Bonchev–Trinajstić information content (AvgIpc) is 3.59. The monoisotopic (exact) mass is 565 g/mol. The average molecular weight is 566 g/mol. The first-order valence-electron chi connectivity index (χ1n) is 16.6. The fraction of sp³-hybridized carbons (Fsp3) is 0.474. The van der Waals surface area contributed by atoms with Crippen LogP contribution in [0.2, 0.25) is 0 Å². The summed E-state index contributed by atoms with van der Waals surface area (Å²) in [4.78, 5) is 4.90. The van der Waals surface area contributed by atoms with Crippen LogP contribution in [-0.4, -0.2) is 21.8 Å². The van der Waals surface area contributed by atoms with E-state index in [-0.39, 0.29) is 0 Å². The summed E-state index contributed by atoms with van der Waals surface area (Å²) in [5.41, 5.74) is 6.10. The second-order valence-corrected chi connectivity index (χ2v) is 11.6. The highest BCUT2D eigenvalue weighted by atomic mass is 16.5. The molecule has 0 aliphatic rings. The predicted molar refractivity (Wildman–Crippen MR) is 178 cm³/mol. The van der Waals surface area contributed by atoms with Gasteiger partial charge in [-0.25, -0.2) is 4.98 Å². The molecule has 2 aromatic heterocycles. The molecule has 42 heavy (non-hydrogen) atoms. The number of aromatic nitrogens is 3. The number of hydrogen-bond donors (Lipinski definition) is 1. The van der Waals surface area contributed by atoms with Crippen molar-refractivity contribution in [2.24, 2.45) is 0 Å². The third-order valence-corrected chi connectivity index (χ3v) is 8.13. The fourth-order valence-corrected chi connectivity index (χ4v) is 5.57. The molecule has 0 aliphatic carbocycles. The van der Waals surface area contributed by atoms with Gasteiger partial charge in [0.1, 0.15) is 5.75 Å². The third-order valence-electron chi connectivity index (χ3n) is 8.13. The molecule has 0 fully saturated rings. The Hall–Kier alpha value is -3.40. The van der Waals surface area contributed by atoms with Crippen molar-refractivity contribution >= 4 is 0 Å². The molecule has 0 saturated heterocycles. The van der Waals surface area contributed by atoms with Gasteiger partial charge in [0, 0.05) is 11.8 Å². The molecule has 4 heteroatoms. The van der Waals surface area contributed by atoms with Crippen LogP contribution >= 0.6 is 0 Å². The van der Waals surface area contributed by atoms with Gasteiger partial charge in [0.25, 0.3) is 0 Å². The largest absolute Gasteiger partial charge is 0.494 e. The molecule has 0 spiro atoms. The highest BCUT2D eigenvalue weighted by Gasteiger charge is 2.10. The Morgan fingerprint density at radius 1 is 0.548 bits per heavy atom. The molecule has 0 atom stereocenters. The Bertz CT molecular complexity index is 1240. The Labute approximate surface area is 254 Å². The van der Waals surface area contributed by atoms with E-state index in [1.54, 1.807) is 6.20 Å². The second-order valence-electron chi connectivity index (χ2n) is 11.6. The van der Waals surface area contributed by atoms with Crippen molar-refractivity contribution in [3.05, 3.63) is 79.0 Å². The van der Waals surface area contributed by atoms with Gasteiger partial charge in [0.05, 0.1) is 23.7 Å². The van der Waals surface area contributed by atoms with Gasteiger partial charge in [-0.1, -0.05) is 146 Å². The number of pyridine rings is 1. The quantitative estimate of drug-likeness (QED) is 0.102. The molecule has 0 bridgehead atoms. The lowest BCUT2D eigenvalue weighted by Gasteiger charge is -2.10. The Morgan fingerprint density at radius 2 is 1.12 bits per heavy atom. The molecule has 0 unspecified atom stereocenters. The van der Waals surface area contributed by atoms with Gasteiger partial charge in [-0.3, -0.25) is 5.10 Å². The SMILES string of the molecule is CCCCCCCCCCCCCCCCCCOc1ccc(-c2cc(-c3ccccc3)nc(-c3ccn[nH]3)c2)cc1. The summed E-state index contributed by atoms with van der Waals surface area (Å²) in [6, 6.07) is 25.0. The highest BCUT2D eigenvalue weighted by Crippen LogP contribution is 2.30. The summed E-state index contributed by atoms with van der Waals surface area (Å²) in [6.07, 6.45) is 23.9. The maximum atomic E-state index is 6.07. The lowest BCUT2D eigenvalue weighted by molar-refractivity contribution is 0.304. The van der Waals surface area contributed by atoms with Crippen LogP contribution in [0.1, 0.15) is 110 Å². The summed E-state index contributed by atoms with van der Waals surface area (Å²) in [6.45, 7) is 3.08. The molecule has 2 heterocycles. The first-order valence-corrected chi connectivity index (χ1v) is 16.6. The second kappa shape index (κ2) is 18.9. The van der Waals surface area contributed by atoms with Crippen LogP contribution in [0.3, 0.4) is 0 Å². The van der Waals surface area contributed by atoms with Crippen LogP contribution in [0.4, 0.5) is 0 Å². The summed E-state index contributed by atoms with van der Waals surface area (Å²) >= 11 is 0. The van der Waals surface area contributed by atoms with Gasteiger partial charge < -0.3 is 4.74 Å². The lowest BCUT2D eigenvalue weighted by Crippen LogP contribution is -1.97. The molecule has 2 aromatic carbocycles. The zero-order valence-electron chi connectivity index (χ0n) is 25.8. The molecule has 0 amide bonds. The molecule has 4 nitrogen and oxygen atoms in total. The standard InChI is InChI=1S/C38H51N3O/c1-2-3-4-5-6-7-8-9-10-11-12-13-14-15-16-20-29-42-35-25-23-32(24-26-35)34-30-37(33-21-18-17-19-22-33)40-38(31-34)36-27-28-39-41-36/h17-19,21-28,30-31H,2-16,20,29H2,1H3,(H,39,41). The molecule has 0 saturated carbocycles. The number of ether oxygens (including phenoxy) is 1. The number of aromatic amines is 1. The third kappa shape index (κ3) is 11.1. The van der Waals surface area contributed by atoms with Crippen LogP contribution in [0.15, 0.2) is 79.0 Å². The number of nitrogens with one attached hydrogen (secondary N) is 1. The molecule has 0 aliphatic heterocycles.